The molecule has 1 unspecified atom stereocenters. The number of anilines is 1. The zero-order valence-electron chi connectivity index (χ0n) is 7.30. The molecule has 1 aromatic carbocycles. The Bertz CT molecular complexity index is 362. The zero-order chi connectivity index (χ0) is 9.42. The van der Waals surface area contributed by atoms with Crippen molar-refractivity contribution in [3.8, 4) is 0 Å². The molecule has 0 saturated carbocycles. The van der Waals surface area contributed by atoms with Crippen LogP contribution in [-0.4, -0.2) is 17.2 Å². The van der Waals surface area contributed by atoms with Gasteiger partial charge in [-0.15, -0.1) is 0 Å². The monoisotopic (exact) mass is 239 g/mol. The lowest BCUT2D eigenvalue weighted by atomic mass is 10.0. The summed E-state index contributed by atoms with van der Waals surface area (Å²) in [6.45, 7) is 2.70. The van der Waals surface area contributed by atoms with E-state index < -0.39 is 0 Å². The van der Waals surface area contributed by atoms with Crippen LogP contribution >= 0.6 is 15.9 Å². The molecule has 3 heteroatoms. The van der Waals surface area contributed by atoms with Crippen LogP contribution in [0.4, 0.5) is 5.69 Å². The third-order valence-electron chi connectivity index (χ3n) is 2.20. The van der Waals surface area contributed by atoms with Gasteiger partial charge in [0.15, 0.2) is 5.78 Å². The molecule has 1 aliphatic heterocycles. The second kappa shape index (κ2) is 3.14. The third-order valence-corrected chi connectivity index (χ3v) is 2.94. The molecule has 2 nitrogen and oxygen atoms in total. The summed E-state index contributed by atoms with van der Waals surface area (Å²) in [5.41, 5.74) is 2.92. The van der Waals surface area contributed by atoms with Crippen molar-refractivity contribution in [2.24, 2.45) is 0 Å². The van der Waals surface area contributed by atoms with Crippen molar-refractivity contribution in [2.45, 2.75) is 11.8 Å². The van der Waals surface area contributed by atoms with Crippen molar-refractivity contribution in [2.75, 3.05) is 11.9 Å². The molecule has 1 aliphatic rings. The molecule has 68 valence electrons. The number of nitrogens with one attached hydrogen (secondary N) is 1. The van der Waals surface area contributed by atoms with Crippen molar-refractivity contribution in [3.05, 3.63) is 29.3 Å². The first kappa shape index (κ1) is 8.75. The number of carbonyl (C=O) groups is 1. The van der Waals surface area contributed by atoms with Crippen LogP contribution in [0.1, 0.15) is 15.9 Å². The molecule has 1 heterocycles. The lowest BCUT2D eigenvalue weighted by molar-refractivity contribution is 0.0992. The second-order valence-corrected chi connectivity index (χ2v) is 4.37. The lowest BCUT2D eigenvalue weighted by Gasteiger charge is -2.21. The van der Waals surface area contributed by atoms with Gasteiger partial charge in [0.2, 0.25) is 0 Å². The molecule has 2 rings (SSSR count). The molecule has 1 atom stereocenters. The Morgan fingerprint density at radius 3 is 3.08 bits per heavy atom. The summed E-state index contributed by atoms with van der Waals surface area (Å²) in [5, 5.41) is 3.22. The summed E-state index contributed by atoms with van der Waals surface area (Å²) in [6, 6.07) is 5.85. The number of rotatable bonds is 0. The van der Waals surface area contributed by atoms with Gasteiger partial charge in [-0.25, -0.2) is 0 Å². The average Bonchev–Trinajstić information content (AvgIpc) is 2.12. The van der Waals surface area contributed by atoms with Crippen molar-refractivity contribution >= 4 is 27.4 Å². The molecular weight excluding hydrogens is 230 g/mol. The van der Waals surface area contributed by atoms with Gasteiger partial charge in [0, 0.05) is 17.8 Å². The summed E-state index contributed by atoms with van der Waals surface area (Å²) in [5.74, 6) is 0.175. The predicted octanol–water partition coefficient (Wildman–Crippen LogP) is 2.37. The Morgan fingerprint density at radius 1 is 1.54 bits per heavy atom. The molecule has 0 aliphatic carbocycles. The number of halogens is 1. The molecule has 0 bridgehead atoms. The van der Waals surface area contributed by atoms with Gasteiger partial charge in [-0.2, -0.15) is 0 Å². The van der Waals surface area contributed by atoms with Crippen molar-refractivity contribution in [1.29, 1.82) is 0 Å². The Kier molecular flexibility index (Phi) is 2.12. The normalized spacial score (nSPS) is 20.8. The first-order valence-corrected chi connectivity index (χ1v) is 5.13. The molecular formula is C10H10BrNO. The van der Waals surface area contributed by atoms with Crippen LogP contribution in [0.5, 0.6) is 0 Å². The van der Waals surface area contributed by atoms with E-state index in [1.165, 1.54) is 5.56 Å². The van der Waals surface area contributed by atoms with E-state index in [2.05, 4.69) is 21.2 Å². The van der Waals surface area contributed by atoms with E-state index in [9.17, 15) is 4.79 Å². The van der Waals surface area contributed by atoms with Crippen LogP contribution in [0.15, 0.2) is 18.2 Å². The minimum Gasteiger partial charge on any atom is -0.383 e. The largest absolute Gasteiger partial charge is 0.383 e. The first-order chi connectivity index (χ1) is 6.18. The van der Waals surface area contributed by atoms with Gasteiger partial charge in [0.05, 0.1) is 4.83 Å². The summed E-state index contributed by atoms with van der Waals surface area (Å²) >= 11 is 3.33. The standard InChI is InChI=1S/C10H10BrNO/c1-6-2-3-7-9(4-6)12-5-8(11)10(7)13/h2-4,8,12H,5H2,1H3. The molecule has 0 fully saturated rings. The van der Waals surface area contributed by atoms with E-state index in [0.29, 0.717) is 6.54 Å². The maximum absolute atomic E-state index is 11.6. The van der Waals surface area contributed by atoms with Crippen molar-refractivity contribution < 1.29 is 4.79 Å². The fourth-order valence-electron chi connectivity index (χ4n) is 1.48. The fraction of sp³-hybridized carbons (Fsp3) is 0.300. The van der Waals surface area contributed by atoms with E-state index in [1.807, 2.05) is 25.1 Å². The number of alkyl halides is 1. The number of ketones is 1. The number of carbonyl (C=O) groups excluding carboxylic acids is 1. The van der Waals surface area contributed by atoms with E-state index in [0.717, 1.165) is 11.3 Å². The first-order valence-electron chi connectivity index (χ1n) is 4.21. The zero-order valence-corrected chi connectivity index (χ0v) is 8.89. The van der Waals surface area contributed by atoms with Gasteiger partial charge >= 0.3 is 0 Å². The summed E-state index contributed by atoms with van der Waals surface area (Å²) < 4.78 is 0. The van der Waals surface area contributed by atoms with Gasteiger partial charge in [0.25, 0.3) is 0 Å². The minimum absolute atomic E-state index is 0.0808. The molecule has 0 amide bonds. The summed E-state index contributed by atoms with van der Waals surface area (Å²) in [6.07, 6.45) is 0. The van der Waals surface area contributed by atoms with E-state index in [-0.39, 0.29) is 10.6 Å². The molecule has 0 spiro atoms. The van der Waals surface area contributed by atoms with Crippen LogP contribution in [0.3, 0.4) is 0 Å². The number of benzene rings is 1. The molecule has 13 heavy (non-hydrogen) atoms. The van der Waals surface area contributed by atoms with E-state index in [4.69, 9.17) is 0 Å². The molecule has 1 aromatic rings. The highest BCUT2D eigenvalue weighted by Gasteiger charge is 2.24. The van der Waals surface area contributed by atoms with Gasteiger partial charge < -0.3 is 5.32 Å². The molecule has 0 saturated heterocycles. The van der Waals surface area contributed by atoms with E-state index >= 15 is 0 Å². The van der Waals surface area contributed by atoms with Gasteiger partial charge in [-0.3, -0.25) is 4.79 Å². The molecule has 0 aromatic heterocycles. The number of aryl methyl sites for hydroxylation is 1. The SMILES string of the molecule is Cc1ccc2c(c1)NCC(Br)C2=O. The second-order valence-electron chi connectivity index (χ2n) is 3.26. The Balaban J connectivity index is 2.50. The Labute approximate surface area is 85.5 Å². The Hall–Kier alpha value is -0.830. The fourth-order valence-corrected chi connectivity index (χ4v) is 1.89. The van der Waals surface area contributed by atoms with Crippen molar-refractivity contribution in [1.82, 2.24) is 0 Å². The van der Waals surface area contributed by atoms with Crippen LogP contribution in [0.25, 0.3) is 0 Å². The quantitative estimate of drug-likeness (QED) is 0.705. The molecule has 0 radical (unpaired) electrons. The topological polar surface area (TPSA) is 29.1 Å². The third kappa shape index (κ3) is 1.48. The number of Topliss-reactive ketones (excluding diaryl/α,β-unsaturated/α-hetero) is 1. The lowest BCUT2D eigenvalue weighted by Crippen LogP contribution is -2.29. The maximum Gasteiger partial charge on any atom is 0.180 e. The smallest absolute Gasteiger partial charge is 0.180 e. The van der Waals surface area contributed by atoms with Crippen molar-refractivity contribution in [3.63, 3.8) is 0 Å². The Morgan fingerprint density at radius 2 is 2.31 bits per heavy atom. The highest BCUT2D eigenvalue weighted by Crippen LogP contribution is 2.25. The van der Waals surface area contributed by atoms with Gasteiger partial charge in [-0.1, -0.05) is 22.0 Å². The predicted molar refractivity (Wildman–Crippen MR) is 56.7 cm³/mol. The highest BCUT2D eigenvalue weighted by molar-refractivity contribution is 9.10. The average molecular weight is 240 g/mol. The van der Waals surface area contributed by atoms with Crippen LogP contribution in [-0.2, 0) is 0 Å². The summed E-state index contributed by atoms with van der Waals surface area (Å²) in [7, 11) is 0. The van der Waals surface area contributed by atoms with Gasteiger partial charge in [-0.05, 0) is 24.6 Å². The van der Waals surface area contributed by atoms with E-state index in [1.54, 1.807) is 0 Å². The number of hydrogen-bond acceptors (Lipinski definition) is 2. The maximum atomic E-state index is 11.6. The van der Waals surface area contributed by atoms with Crippen LogP contribution < -0.4 is 5.32 Å². The summed E-state index contributed by atoms with van der Waals surface area (Å²) in [4.78, 5) is 11.6. The molecule has 1 N–H and O–H groups in total. The van der Waals surface area contributed by atoms with Crippen LogP contribution in [0, 0.1) is 6.92 Å². The number of hydrogen-bond donors (Lipinski definition) is 1. The van der Waals surface area contributed by atoms with Crippen LogP contribution in [0.2, 0.25) is 0 Å². The minimum atomic E-state index is -0.0808. The highest BCUT2D eigenvalue weighted by atomic mass is 79.9. The van der Waals surface area contributed by atoms with Gasteiger partial charge in [0.1, 0.15) is 0 Å². The number of fused-ring (bicyclic) bond motifs is 1.